The number of nitrogens with one attached hydrogen (secondary N) is 2. The third-order valence-electron chi connectivity index (χ3n) is 2.67. The minimum Gasteiger partial charge on any atom is -0.481 e. The van der Waals surface area contributed by atoms with Gasteiger partial charge in [-0.3, -0.25) is 4.79 Å². The average molecular weight is 394 g/mol. The molecule has 2 amide bonds. The van der Waals surface area contributed by atoms with Gasteiger partial charge in [0.2, 0.25) is 0 Å². The van der Waals surface area contributed by atoms with Crippen LogP contribution in [0.25, 0.3) is 0 Å². The molecule has 5 nitrogen and oxygen atoms in total. The van der Waals surface area contributed by atoms with E-state index in [1.807, 2.05) is 29.5 Å². The monoisotopic (exact) mass is 394 g/mol. The van der Waals surface area contributed by atoms with Crippen LogP contribution in [0, 0.1) is 15.3 Å². The molecule has 1 aromatic rings. The zero-order valence-electron chi connectivity index (χ0n) is 11.0. The van der Waals surface area contributed by atoms with E-state index in [1.165, 1.54) is 18.2 Å². The van der Waals surface area contributed by atoms with Crippen LogP contribution in [0.5, 0.6) is 0 Å². The largest absolute Gasteiger partial charge is 0.481 e. The molecule has 0 saturated carbocycles. The summed E-state index contributed by atoms with van der Waals surface area (Å²) >= 11 is 1.91. The molecule has 1 aromatic carbocycles. The van der Waals surface area contributed by atoms with E-state index in [0.29, 0.717) is 15.7 Å². The Kier molecular flexibility index (Phi) is 6.69. The molecule has 1 unspecified atom stereocenters. The van der Waals surface area contributed by atoms with E-state index in [2.05, 4.69) is 10.6 Å². The lowest BCUT2D eigenvalue weighted by Crippen LogP contribution is -2.35. The molecule has 0 spiro atoms. The van der Waals surface area contributed by atoms with E-state index >= 15 is 0 Å². The van der Waals surface area contributed by atoms with Crippen LogP contribution < -0.4 is 10.6 Å². The normalized spacial score (nSPS) is 11.8. The van der Waals surface area contributed by atoms with E-state index in [0.717, 1.165) is 6.42 Å². The molecular formula is C13H16FIN2O3. The number of hydrogen-bond donors (Lipinski definition) is 3. The number of aliphatic carboxylic acids is 1. The van der Waals surface area contributed by atoms with Crippen molar-refractivity contribution in [3.63, 3.8) is 0 Å². The lowest BCUT2D eigenvalue weighted by molar-refractivity contribution is -0.141. The lowest BCUT2D eigenvalue weighted by atomic mass is 10.0. The van der Waals surface area contributed by atoms with Gasteiger partial charge in [-0.1, -0.05) is 13.3 Å². The lowest BCUT2D eigenvalue weighted by Gasteiger charge is -2.13. The van der Waals surface area contributed by atoms with Crippen LogP contribution in [-0.2, 0) is 4.79 Å². The molecule has 7 heteroatoms. The van der Waals surface area contributed by atoms with Gasteiger partial charge < -0.3 is 15.7 Å². The van der Waals surface area contributed by atoms with E-state index in [-0.39, 0.29) is 12.4 Å². The van der Waals surface area contributed by atoms with Crippen LogP contribution in [0.2, 0.25) is 0 Å². The Balaban J connectivity index is 2.53. The maximum atomic E-state index is 12.9. The molecule has 3 N–H and O–H groups in total. The summed E-state index contributed by atoms with van der Waals surface area (Å²) in [5, 5.41) is 14.0. The van der Waals surface area contributed by atoms with Crippen molar-refractivity contribution in [2.75, 3.05) is 11.9 Å². The molecule has 0 aliphatic rings. The standard InChI is InChI=1S/C13H16FIN2O3/c1-2-3-8(12(18)19)7-16-13(20)17-11-5-4-9(14)6-10(11)15/h4-6,8H,2-3,7H2,1H3,(H,18,19)(H2,16,17,20). The average Bonchev–Trinajstić information content (AvgIpc) is 2.37. The predicted octanol–water partition coefficient (Wildman–Crippen LogP) is 3.05. The van der Waals surface area contributed by atoms with Gasteiger partial charge in [-0.05, 0) is 47.2 Å². The summed E-state index contributed by atoms with van der Waals surface area (Å²) in [6.07, 6.45) is 1.24. The first-order chi connectivity index (χ1) is 9.43. The molecule has 0 bridgehead atoms. The highest BCUT2D eigenvalue weighted by molar-refractivity contribution is 14.1. The molecule has 0 aliphatic carbocycles. The minimum atomic E-state index is -0.927. The molecule has 20 heavy (non-hydrogen) atoms. The maximum Gasteiger partial charge on any atom is 0.319 e. The fraction of sp³-hybridized carbons (Fsp3) is 0.385. The van der Waals surface area contributed by atoms with Gasteiger partial charge in [-0.2, -0.15) is 0 Å². The van der Waals surface area contributed by atoms with E-state index in [1.54, 1.807) is 0 Å². The summed E-state index contributed by atoms with van der Waals surface area (Å²) in [5.74, 6) is -1.91. The Morgan fingerprint density at radius 3 is 2.70 bits per heavy atom. The number of carboxylic acids is 1. The van der Waals surface area contributed by atoms with Crippen LogP contribution in [0.3, 0.4) is 0 Å². The first-order valence-electron chi connectivity index (χ1n) is 6.16. The number of anilines is 1. The maximum absolute atomic E-state index is 12.9. The van der Waals surface area contributed by atoms with Crippen LogP contribution in [0.15, 0.2) is 18.2 Å². The Morgan fingerprint density at radius 1 is 1.45 bits per heavy atom. The van der Waals surface area contributed by atoms with Crippen molar-refractivity contribution in [3.8, 4) is 0 Å². The van der Waals surface area contributed by atoms with Crippen molar-refractivity contribution in [2.45, 2.75) is 19.8 Å². The Morgan fingerprint density at radius 2 is 2.15 bits per heavy atom. The summed E-state index contributed by atoms with van der Waals surface area (Å²) in [5.41, 5.74) is 0.479. The summed E-state index contributed by atoms with van der Waals surface area (Å²) in [6.45, 7) is 1.95. The molecular weight excluding hydrogens is 378 g/mol. The third-order valence-corrected chi connectivity index (χ3v) is 3.57. The van der Waals surface area contributed by atoms with Gasteiger partial charge in [0.05, 0.1) is 11.6 Å². The van der Waals surface area contributed by atoms with Crippen molar-refractivity contribution in [2.24, 2.45) is 5.92 Å². The molecule has 110 valence electrons. The van der Waals surface area contributed by atoms with E-state index < -0.39 is 17.9 Å². The molecule has 1 rings (SSSR count). The molecule has 0 aromatic heterocycles. The minimum absolute atomic E-state index is 0.0623. The number of benzene rings is 1. The second-order valence-corrected chi connectivity index (χ2v) is 5.45. The number of urea groups is 1. The fourth-order valence-corrected chi connectivity index (χ4v) is 2.25. The highest BCUT2D eigenvalue weighted by atomic mass is 127. The molecule has 0 saturated heterocycles. The van der Waals surface area contributed by atoms with Crippen molar-refractivity contribution in [1.82, 2.24) is 5.32 Å². The van der Waals surface area contributed by atoms with E-state index in [9.17, 15) is 14.0 Å². The molecule has 1 atom stereocenters. The van der Waals surface area contributed by atoms with Crippen molar-refractivity contribution in [1.29, 1.82) is 0 Å². The topological polar surface area (TPSA) is 78.4 Å². The summed E-state index contributed by atoms with van der Waals surface area (Å²) in [7, 11) is 0. The van der Waals surface area contributed by atoms with Gasteiger partial charge in [0.1, 0.15) is 5.82 Å². The summed E-state index contributed by atoms with van der Waals surface area (Å²) in [6, 6.07) is 3.50. The Labute approximate surface area is 130 Å². The molecule has 0 radical (unpaired) electrons. The number of halogens is 2. The summed E-state index contributed by atoms with van der Waals surface area (Å²) in [4.78, 5) is 22.6. The third kappa shape index (κ3) is 5.32. The van der Waals surface area contributed by atoms with Gasteiger partial charge in [0.25, 0.3) is 0 Å². The highest BCUT2D eigenvalue weighted by Crippen LogP contribution is 2.18. The first kappa shape index (κ1) is 16.7. The smallest absolute Gasteiger partial charge is 0.319 e. The van der Waals surface area contributed by atoms with E-state index in [4.69, 9.17) is 5.11 Å². The van der Waals surface area contributed by atoms with Gasteiger partial charge in [0, 0.05) is 10.1 Å². The Hall–Kier alpha value is -1.38. The van der Waals surface area contributed by atoms with Crippen LogP contribution in [0.4, 0.5) is 14.9 Å². The second-order valence-electron chi connectivity index (χ2n) is 4.28. The number of carboxylic acid groups (broad SMARTS) is 1. The first-order valence-corrected chi connectivity index (χ1v) is 7.24. The van der Waals surface area contributed by atoms with Gasteiger partial charge in [0.15, 0.2) is 0 Å². The molecule has 0 aliphatic heterocycles. The van der Waals surface area contributed by atoms with Crippen LogP contribution in [-0.4, -0.2) is 23.7 Å². The fourth-order valence-electron chi connectivity index (χ4n) is 1.63. The number of carbonyl (C=O) groups excluding carboxylic acids is 1. The van der Waals surface area contributed by atoms with Gasteiger partial charge in [-0.25, -0.2) is 9.18 Å². The Bertz CT molecular complexity index is 497. The van der Waals surface area contributed by atoms with Crippen LogP contribution >= 0.6 is 22.6 Å². The zero-order chi connectivity index (χ0) is 15.1. The molecule has 0 heterocycles. The van der Waals surface area contributed by atoms with Crippen molar-refractivity contribution >= 4 is 40.3 Å². The van der Waals surface area contributed by atoms with Crippen molar-refractivity contribution < 1.29 is 19.1 Å². The van der Waals surface area contributed by atoms with Gasteiger partial charge in [-0.15, -0.1) is 0 Å². The quantitative estimate of drug-likeness (QED) is 0.649. The SMILES string of the molecule is CCCC(CNC(=O)Nc1ccc(F)cc1I)C(=O)O. The predicted molar refractivity (Wildman–Crippen MR) is 82.2 cm³/mol. The highest BCUT2D eigenvalue weighted by Gasteiger charge is 2.17. The number of rotatable bonds is 6. The number of hydrogen-bond acceptors (Lipinski definition) is 2. The number of carbonyl (C=O) groups is 2. The number of amides is 2. The van der Waals surface area contributed by atoms with Crippen molar-refractivity contribution in [3.05, 3.63) is 27.6 Å². The molecule has 0 fully saturated rings. The summed E-state index contributed by atoms with van der Waals surface area (Å²) < 4.78 is 13.5. The van der Waals surface area contributed by atoms with Gasteiger partial charge >= 0.3 is 12.0 Å². The zero-order valence-corrected chi connectivity index (χ0v) is 13.1. The van der Waals surface area contributed by atoms with Crippen LogP contribution in [0.1, 0.15) is 19.8 Å². The second kappa shape index (κ2) is 8.03.